The van der Waals surface area contributed by atoms with Gasteiger partial charge in [0.05, 0.1) is 5.56 Å². The average Bonchev–Trinajstić information content (AvgIpc) is 2.40. The van der Waals surface area contributed by atoms with Crippen molar-refractivity contribution in [1.82, 2.24) is 0 Å². The van der Waals surface area contributed by atoms with Crippen LogP contribution < -0.4 is 11.1 Å². The van der Waals surface area contributed by atoms with Gasteiger partial charge in [-0.2, -0.15) is 13.2 Å². The molecule has 0 amide bonds. The normalized spacial score (nSPS) is 11.2. The summed E-state index contributed by atoms with van der Waals surface area (Å²) in [6.45, 7) is 0. The number of hydrogen-bond donors (Lipinski definition) is 2. The lowest BCUT2D eigenvalue weighted by atomic mass is 10.1. The first kappa shape index (κ1) is 15.2. The van der Waals surface area contributed by atoms with Gasteiger partial charge in [-0.3, -0.25) is 0 Å². The maximum Gasteiger partial charge on any atom is 0.417 e. The molecule has 0 saturated heterocycles. The Labute approximate surface area is 123 Å². The zero-order valence-corrected chi connectivity index (χ0v) is 11.4. The molecule has 0 radical (unpaired) electrons. The summed E-state index contributed by atoms with van der Waals surface area (Å²) in [5.41, 5.74) is 4.82. The molecule has 2 rings (SSSR count). The van der Waals surface area contributed by atoms with E-state index in [9.17, 15) is 17.6 Å². The van der Waals surface area contributed by atoms with Crippen LogP contribution in [0.15, 0.2) is 42.5 Å². The van der Waals surface area contributed by atoms with Crippen molar-refractivity contribution < 1.29 is 17.6 Å². The molecule has 0 heterocycles. The number of alkyl halides is 3. The highest BCUT2D eigenvalue weighted by atomic mass is 32.1. The van der Waals surface area contributed by atoms with E-state index in [0.29, 0.717) is 5.69 Å². The van der Waals surface area contributed by atoms with Crippen LogP contribution in [0.5, 0.6) is 0 Å². The van der Waals surface area contributed by atoms with Gasteiger partial charge in [-0.05, 0) is 42.5 Å². The molecule has 7 heteroatoms. The smallest absolute Gasteiger partial charge is 0.389 e. The maximum atomic E-state index is 13.0. The van der Waals surface area contributed by atoms with E-state index >= 15 is 0 Å². The summed E-state index contributed by atoms with van der Waals surface area (Å²) in [6.07, 6.45) is -4.57. The van der Waals surface area contributed by atoms with Gasteiger partial charge >= 0.3 is 6.18 Å². The fourth-order valence-corrected chi connectivity index (χ4v) is 1.95. The first-order valence-corrected chi connectivity index (χ1v) is 6.22. The van der Waals surface area contributed by atoms with Crippen molar-refractivity contribution >= 4 is 28.6 Å². The summed E-state index contributed by atoms with van der Waals surface area (Å²) in [7, 11) is 0. The molecule has 21 heavy (non-hydrogen) atoms. The third-order valence-corrected chi connectivity index (χ3v) is 2.94. The lowest BCUT2D eigenvalue weighted by molar-refractivity contribution is -0.137. The number of nitrogens with two attached hydrogens (primary N) is 1. The van der Waals surface area contributed by atoms with E-state index in [1.54, 1.807) is 0 Å². The second-order valence-electron chi connectivity index (χ2n) is 4.25. The van der Waals surface area contributed by atoms with Gasteiger partial charge in [0.25, 0.3) is 0 Å². The van der Waals surface area contributed by atoms with Crippen molar-refractivity contribution in [2.24, 2.45) is 5.73 Å². The van der Waals surface area contributed by atoms with Gasteiger partial charge in [0.1, 0.15) is 10.8 Å². The molecule has 0 aliphatic heterocycles. The van der Waals surface area contributed by atoms with E-state index in [1.165, 1.54) is 36.4 Å². The van der Waals surface area contributed by atoms with Crippen LogP contribution in [0.3, 0.4) is 0 Å². The molecular weight excluding hydrogens is 304 g/mol. The Morgan fingerprint density at radius 3 is 2.10 bits per heavy atom. The minimum Gasteiger partial charge on any atom is -0.389 e. The minimum atomic E-state index is -4.57. The Morgan fingerprint density at radius 1 is 1.00 bits per heavy atom. The molecule has 2 nitrogen and oxygen atoms in total. The van der Waals surface area contributed by atoms with Crippen LogP contribution in [0, 0.1) is 5.82 Å². The largest absolute Gasteiger partial charge is 0.417 e. The van der Waals surface area contributed by atoms with E-state index in [2.05, 4.69) is 17.5 Å². The van der Waals surface area contributed by atoms with Crippen molar-refractivity contribution in [3.05, 3.63) is 59.4 Å². The molecule has 0 aromatic heterocycles. The molecule has 0 bridgehead atoms. The van der Waals surface area contributed by atoms with E-state index in [0.717, 1.165) is 6.07 Å². The molecular formula is C14H10F4N2S. The highest BCUT2D eigenvalue weighted by molar-refractivity contribution is 7.80. The summed E-state index contributed by atoms with van der Waals surface area (Å²) in [4.78, 5) is -0.323. The highest BCUT2D eigenvalue weighted by Gasteiger charge is 2.34. The van der Waals surface area contributed by atoms with Crippen LogP contribution in [0.4, 0.5) is 28.9 Å². The van der Waals surface area contributed by atoms with Crippen LogP contribution in [-0.4, -0.2) is 4.99 Å². The Hall–Kier alpha value is -2.15. The number of rotatable bonds is 3. The molecule has 0 unspecified atom stereocenters. The number of hydrogen-bond acceptors (Lipinski definition) is 2. The van der Waals surface area contributed by atoms with Gasteiger partial charge in [0.15, 0.2) is 0 Å². The fraction of sp³-hybridized carbons (Fsp3) is 0.0714. The predicted molar refractivity (Wildman–Crippen MR) is 77.0 cm³/mol. The van der Waals surface area contributed by atoms with Gasteiger partial charge in [0, 0.05) is 16.9 Å². The predicted octanol–water partition coefficient (Wildman–Crippen LogP) is 4.22. The van der Waals surface area contributed by atoms with Gasteiger partial charge in [-0.1, -0.05) is 12.2 Å². The first-order valence-electron chi connectivity index (χ1n) is 5.81. The fourth-order valence-electron chi connectivity index (χ4n) is 1.77. The lowest BCUT2D eigenvalue weighted by Gasteiger charge is -2.14. The summed E-state index contributed by atoms with van der Waals surface area (Å²) in [6, 6.07) is 8.79. The second kappa shape index (κ2) is 5.69. The van der Waals surface area contributed by atoms with Crippen LogP contribution >= 0.6 is 12.2 Å². The van der Waals surface area contributed by atoms with Crippen molar-refractivity contribution in [3.63, 3.8) is 0 Å². The molecule has 2 aromatic carbocycles. The topological polar surface area (TPSA) is 38.0 Å². The van der Waals surface area contributed by atoms with E-state index < -0.39 is 17.6 Å². The SMILES string of the molecule is NC(=S)c1ccc(Nc2ccc(F)cc2)cc1C(F)(F)F. The number of anilines is 2. The van der Waals surface area contributed by atoms with E-state index in [-0.39, 0.29) is 16.2 Å². The molecule has 0 spiro atoms. The first-order chi connectivity index (χ1) is 9.77. The monoisotopic (exact) mass is 314 g/mol. The van der Waals surface area contributed by atoms with E-state index in [1.807, 2.05) is 0 Å². The third-order valence-electron chi connectivity index (χ3n) is 2.72. The summed E-state index contributed by atoms with van der Waals surface area (Å²) in [5, 5.41) is 2.76. The standard InChI is InChI=1S/C14H10F4N2S/c15-8-1-3-9(4-2-8)20-10-5-6-11(13(19)21)12(7-10)14(16,17)18/h1-7,20H,(H2,19,21). The van der Waals surface area contributed by atoms with Crippen molar-refractivity contribution in [3.8, 4) is 0 Å². The highest BCUT2D eigenvalue weighted by Crippen LogP contribution is 2.34. The van der Waals surface area contributed by atoms with Gasteiger partial charge < -0.3 is 11.1 Å². The zero-order valence-electron chi connectivity index (χ0n) is 10.5. The summed E-state index contributed by atoms with van der Waals surface area (Å²) in [5.74, 6) is -0.430. The summed E-state index contributed by atoms with van der Waals surface area (Å²) >= 11 is 4.62. The number of benzene rings is 2. The van der Waals surface area contributed by atoms with Crippen molar-refractivity contribution in [1.29, 1.82) is 0 Å². The molecule has 110 valence electrons. The van der Waals surface area contributed by atoms with Crippen LogP contribution in [0.1, 0.15) is 11.1 Å². The average molecular weight is 314 g/mol. The Bertz CT molecular complexity index is 666. The quantitative estimate of drug-likeness (QED) is 0.658. The molecule has 2 aromatic rings. The van der Waals surface area contributed by atoms with Gasteiger partial charge in [0.2, 0.25) is 0 Å². The summed E-state index contributed by atoms with van der Waals surface area (Å²) < 4.78 is 51.7. The van der Waals surface area contributed by atoms with Crippen LogP contribution in [-0.2, 0) is 6.18 Å². The molecule has 0 fully saturated rings. The second-order valence-corrected chi connectivity index (χ2v) is 4.69. The molecule has 0 saturated carbocycles. The molecule has 0 aliphatic carbocycles. The number of nitrogens with one attached hydrogen (secondary N) is 1. The van der Waals surface area contributed by atoms with Crippen molar-refractivity contribution in [2.75, 3.05) is 5.32 Å². The minimum absolute atomic E-state index is 0.203. The van der Waals surface area contributed by atoms with Crippen LogP contribution in [0.2, 0.25) is 0 Å². The van der Waals surface area contributed by atoms with Crippen molar-refractivity contribution in [2.45, 2.75) is 6.18 Å². The van der Waals surface area contributed by atoms with E-state index in [4.69, 9.17) is 5.73 Å². The number of thiocarbonyl (C=S) groups is 1. The Morgan fingerprint density at radius 2 is 1.57 bits per heavy atom. The Balaban J connectivity index is 2.38. The van der Waals surface area contributed by atoms with Crippen LogP contribution in [0.25, 0.3) is 0 Å². The zero-order chi connectivity index (χ0) is 15.6. The molecule has 0 atom stereocenters. The van der Waals surface area contributed by atoms with Gasteiger partial charge in [-0.15, -0.1) is 0 Å². The number of halogens is 4. The lowest BCUT2D eigenvalue weighted by Crippen LogP contribution is -2.18. The van der Waals surface area contributed by atoms with Gasteiger partial charge in [-0.25, -0.2) is 4.39 Å². The Kier molecular flexibility index (Phi) is 4.13. The third kappa shape index (κ3) is 3.69. The molecule has 3 N–H and O–H groups in total. The molecule has 0 aliphatic rings. The maximum absolute atomic E-state index is 13.0.